The Morgan fingerprint density at radius 2 is 1.80 bits per heavy atom. The first kappa shape index (κ1) is 26.9. The van der Waals surface area contributed by atoms with E-state index in [0.717, 1.165) is 50.9 Å². The van der Waals surface area contributed by atoms with Crippen LogP contribution in [0.4, 0.5) is 13.2 Å². The molecule has 1 atom stereocenters. The number of nitrogens with one attached hydrogen (secondary N) is 2. The average Bonchev–Trinajstić information content (AvgIpc) is 2.70. The predicted octanol–water partition coefficient (Wildman–Crippen LogP) is 3.16. The summed E-state index contributed by atoms with van der Waals surface area (Å²) >= 11 is 0. The third kappa shape index (κ3) is 10.8. The normalized spacial score (nSPS) is 16.6. The Kier molecular flexibility index (Phi) is 12.6. The zero-order valence-electron chi connectivity index (χ0n) is 17.5. The molecule has 0 spiro atoms. The van der Waals surface area contributed by atoms with Crippen LogP contribution in [-0.2, 0) is 22.6 Å². The van der Waals surface area contributed by atoms with E-state index in [-0.39, 0.29) is 30.6 Å². The lowest BCUT2D eigenvalue weighted by molar-refractivity contribution is -0.176. The van der Waals surface area contributed by atoms with Crippen molar-refractivity contribution in [2.45, 2.75) is 39.2 Å². The van der Waals surface area contributed by atoms with Gasteiger partial charge >= 0.3 is 6.18 Å². The lowest BCUT2D eigenvalue weighted by atomic mass is 10.1. The van der Waals surface area contributed by atoms with Crippen molar-refractivity contribution >= 4 is 29.9 Å². The van der Waals surface area contributed by atoms with Crippen molar-refractivity contribution < 1.29 is 22.6 Å². The molecule has 1 aromatic carbocycles. The van der Waals surface area contributed by atoms with E-state index in [2.05, 4.69) is 32.2 Å². The second-order valence-electron chi connectivity index (χ2n) is 7.00. The molecule has 1 unspecified atom stereocenters. The third-order valence-corrected chi connectivity index (χ3v) is 4.56. The molecule has 10 heteroatoms. The topological polar surface area (TPSA) is 58.1 Å². The van der Waals surface area contributed by atoms with Crippen LogP contribution in [0.3, 0.4) is 0 Å². The molecule has 172 valence electrons. The maximum atomic E-state index is 12.1. The first-order valence-corrected chi connectivity index (χ1v) is 9.93. The number of guanidine groups is 1. The van der Waals surface area contributed by atoms with Crippen LogP contribution in [-0.4, -0.2) is 69.1 Å². The fourth-order valence-corrected chi connectivity index (χ4v) is 2.93. The van der Waals surface area contributed by atoms with Crippen molar-refractivity contribution in [1.29, 1.82) is 0 Å². The van der Waals surface area contributed by atoms with Crippen LogP contribution >= 0.6 is 24.0 Å². The minimum absolute atomic E-state index is 0. The number of hydrogen-bond donors (Lipinski definition) is 2. The van der Waals surface area contributed by atoms with Gasteiger partial charge in [-0.1, -0.05) is 24.3 Å². The highest BCUT2D eigenvalue weighted by atomic mass is 127. The maximum Gasteiger partial charge on any atom is 0.411 e. The van der Waals surface area contributed by atoms with E-state index in [0.29, 0.717) is 18.2 Å². The molecule has 1 fully saturated rings. The van der Waals surface area contributed by atoms with E-state index in [1.807, 2.05) is 19.1 Å². The van der Waals surface area contributed by atoms with Gasteiger partial charge in [-0.15, -0.1) is 24.0 Å². The molecule has 1 saturated heterocycles. The second-order valence-corrected chi connectivity index (χ2v) is 7.00. The molecule has 30 heavy (non-hydrogen) atoms. The lowest BCUT2D eigenvalue weighted by Gasteiger charge is -2.32. The summed E-state index contributed by atoms with van der Waals surface area (Å²) in [6, 6.07) is 7.62. The largest absolute Gasteiger partial charge is 0.411 e. The monoisotopic (exact) mass is 544 g/mol. The fourth-order valence-electron chi connectivity index (χ4n) is 2.93. The van der Waals surface area contributed by atoms with Crippen LogP contribution in [0.15, 0.2) is 29.3 Å². The summed E-state index contributed by atoms with van der Waals surface area (Å²) in [7, 11) is 0. The summed E-state index contributed by atoms with van der Waals surface area (Å²) in [5.41, 5.74) is 1.68. The number of benzene rings is 1. The number of alkyl halides is 3. The smallest absolute Gasteiger partial charge is 0.379 e. The van der Waals surface area contributed by atoms with Gasteiger partial charge in [0.25, 0.3) is 0 Å². The van der Waals surface area contributed by atoms with Crippen molar-refractivity contribution in [1.82, 2.24) is 15.5 Å². The first-order valence-electron chi connectivity index (χ1n) is 9.93. The van der Waals surface area contributed by atoms with Crippen LogP contribution in [0.5, 0.6) is 0 Å². The summed E-state index contributed by atoms with van der Waals surface area (Å²) in [6.45, 7) is 8.34. The van der Waals surface area contributed by atoms with Crippen molar-refractivity contribution in [3.63, 3.8) is 0 Å². The van der Waals surface area contributed by atoms with E-state index in [4.69, 9.17) is 4.74 Å². The zero-order chi connectivity index (χ0) is 21.1. The summed E-state index contributed by atoms with van der Waals surface area (Å²) < 4.78 is 46.4. The van der Waals surface area contributed by atoms with Gasteiger partial charge in [-0.25, -0.2) is 4.99 Å². The molecular formula is C20H32F3IN4O2. The van der Waals surface area contributed by atoms with Crippen LogP contribution in [0.2, 0.25) is 0 Å². The minimum Gasteiger partial charge on any atom is -0.379 e. The van der Waals surface area contributed by atoms with Gasteiger partial charge in [0, 0.05) is 32.2 Å². The molecular weight excluding hydrogens is 512 g/mol. The van der Waals surface area contributed by atoms with Gasteiger partial charge in [0.05, 0.1) is 26.4 Å². The molecule has 2 rings (SSSR count). The molecule has 0 saturated carbocycles. The second kappa shape index (κ2) is 14.0. The third-order valence-electron chi connectivity index (χ3n) is 4.56. The van der Waals surface area contributed by atoms with E-state index >= 15 is 0 Å². The van der Waals surface area contributed by atoms with Gasteiger partial charge in [0.1, 0.15) is 6.61 Å². The Bertz CT molecular complexity index is 623. The summed E-state index contributed by atoms with van der Waals surface area (Å²) in [6.07, 6.45) is -4.30. The van der Waals surface area contributed by atoms with E-state index in [9.17, 15) is 13.2 Å². The number of hydrogen-bond acceptors (Lipinski definition) is 4. The number of morpholine rings is 1. The fraction of sp³-hybridized carbons (Fsp3) is 0.650. The van der Waals surface area contributed by atoms with Crippen molar-refractivity contribution in [3.05, 3.63) is 35.4 Å². The van der Waals surface area contributed by atoms with Gasteiger partial charge in [-0.2, -0.15) is 13.2 Å². The van der Waals surface area contributed by atoms with E-state index in [1.165, 1.54) is 0 Å². The number of ether oxygens (including phenoxy) is 2. The maximum absolute atomic E-state index is 12.1. The van der Waals surface area contributed by atoms with Crippen LogP contribution in [0.1, 0.15) is 25.0 Å². The van der Waals surface area contributed by atoms with E-state index < -0.39 is 12.8 Å². The molecule has 1 aliphatic rings. The van der Waals surface area contributed by atoms with Crippen molar-refractivity contribution in [2.24, 2.45) is 4.99 Å². The molecule has 2 N–H and O–H groups in total. The Morgan fingerprint density at radius 3 is 2.40 bits per heavy atom. The molecule has 1 aromatic rings. The predicted molar refractivity (Wildman–Crippen MR) is 122 cm³/mol. The lowest BCUT2D eigenvalue weighted by Crippen LogP contribution is -2.49. The Labute approximate surface area is 193 Å². The molecule has 0 aliphatic carbocycles. The molecule has 1 aliphatic heterocycles. The molecule has 1 heterocycles. The quantitative estimate of drug-likeness (QED) is 0.284. The SMILES string of the molecule is CCNC(=NCc1ccc(COCC(F)(F)F)cc1)NCC(C)N1CCOCC1.I. The number of rotatable bonds is 9. The highest BCUT2D eigenvalue weighted by Crippen LogP contribution is 2.16. The highest BCUT2D eigenvalue weighted by molar-refractivity contribution is 14.0. The van der Waals surface area contributed by atoms with Crippen LogP contribution in [0.25, 0.3) is 0 Å². The molecule has 6 nitrogen and oxygen atoms in total. The van der Waals surface area contributed by atoms with Crippen LogP contribution < -0.4 is 10.6 Å². The minimum atomic E-state index is -4.30. The molecule has 0 bridgehead atoms. The van der Waals surface area contributed by atoms with Gasteiger partial charge in [0.15, 0.2) is 5.96 Å². The molecule has 0 aromatic heterocycles. The molecule has 0 amide bonds. The average molecular weight is 544 g/mol. The number of nitrogens with zero attached hydrogens (tertiary/aromatic N) is 2. The number of aliphatic imine (C=N–C) groups is 1. The van der Waals surface area contributed by atoms with Crippen molar-refractivity contribution in [2.75, 3.05) is 46.0 Å². The highest BCUT2D eigenvalue weighted by Gasteiger charge is 2.27. The zero-order valence-corrected chi connectivity index (χ0v) is 19.8. The Hall–Kier alpha value is -1.11. The van der Waals surface area contributed by atoms with Gasteiger partial charge < -0.3 is 20.1 Å². The van der Waals surface area contributed by atoms with Gasteiger partial charge in [-0.3, -0.25) is 4.90 Å². The van der Waals surface area contributed by atoms with Crippen LogP contribution in [0, 0.1) is 0 Å². The Morgan fingerprint density at radius 1 is 1.17 bits per heavy atom. The Balaban J connectivity index is 0.00000450. The van der Waals surface area contributed by atoms with E-state index in [1.54, 1.807) is 12.1 Å². The molecule has 0 radical (unpaired) electrons. The summed E-state index contributed by atoms with van der Waals surface area (Å²) in [5.74, 6) is 0.741. The number of halogens is 4. The van der Waals surface area contributed by atoms with Gasteiger partial charge in [0.2, 0.25) is 0 Å². The first-order chi connectivity index (χ1) is 13.9. The van der Waals surface area contributed by atoms with Crippen molar-refractivity contribution in [3.8, 4) is 0 Å². The summed E-state index contributed by atoms with van der Waals surface area (Å²) in [4.78, 5) is 6.98. The summed E-state index contributed by atoms with van der Waals surface area (Å²) in [5, 5.41) is 6.60. The standard InChI is InChI=1S/C20H31F3N4O2.HI/c1-3-24-19(25-12-16(2)27-8-10-28-11-9-27)26-13-17-4-6-18(7-5-17)14-29-15-20(21,22)23;/h4-7,16H,3,8-15H2,1-2H3,(H2,24,25,26);1H. The van der Waals surface area contributed by atoms with Gasteiger partial charge in [-0.05, 0) is 25.0 Å².